The predicted octanol–water partition coefficient (Wildman–Crippen LogP) is 0.648. The van der Waals surface area contributed by atoms with Gasteiger partial charge in [0.05, 0.1) is 11.0 Å². The Morgan fingerprint density at radius 2 is 2.00 bits per heavy atom. The molecule has 1 atom stereocenters. The van der Waals surface area contributed by atoms with E-state index in [2.05, 4.69) is 4.84 Å². The van der Waals surface area contributed by atoms with Crippen molar-refractivity contribution in [3.8, 4) is 0 Å². The molecule has 0 radical (unpaired) electrons. The quantitative estimate of drug-likeness (QED) is 0.806. The molecule has 5 nitrogen and oxygen atoms in total. The minimum atomic E-state index is -3.40. The van der Waals surface area contributed by atoms with Gasteiger partial charge in [-0.2, -0.15) is 4.31 Å². The highest BCUT2D eigenvalue weighted by Crippen LogP contribution is 2.22. The van der Waals surface area contributed by atoms with Crippen molar-refractivity contribution in [2.45, 2.75) is 24.3 Å². The Labute approximate surface area is 101 Å². The molecule has 2 N–H and O–H groups in total. The molecule has 17 heavy (non-hydrogen) atoms. The van der Waals surface area contributed by atoms with Crippen molar-refractivity contribution >= 4 is 10.0 Å². The van der Waals surface area contributed by atoms with Crippen LogP contribution in [0, 0.1) is 6.92 Å². The summed E-state index contributed by atoms with van der Waals surface area (Å²) >= 11 is 0. The fourth-order valence-electron chi connectivity index (χ4n) is 1.89. The van der Waals surface area contributed by atoms with E-state index in [0.717, 1.165) is 5.56 Å². The molecular formula is C11H16N2O3S. The van der Waals surface area contributed by atoms with Crippen molar-refractivity contribution in [2.75, 3.05) is 13.1 Å². The number of nitrogens with zero attached hydrogens (tertiary/aromatic N) is 1. The van der Waals surface area contributed by atoms with Gasteiger partial charge in [-0.25, -0.2) is 14.3 Å². The van der Waals surface area contributed by atoms with E-state index in [4.69, 9.17) is 5.90 Å². The van der Waals surface area contributed by atoms with Gasteiger partial charge < -0.3 is 0 Å². The van der Waals surface area contributed by atoms with E-state index in [1.165, 1.54) is 4.31 Å². The Hall–Kier alpha value is -0.950. The average Bonchev–Trinajstić information content (AvgIpc) is 2.78. The normalized spacial score (nSPS) is 21.9. The molecule has 0 aliphatic carbocycles. The van der Waals surface area contributed by atoms with Crippen LogP contribution in [-0.4, -0.2) is 31.9 Å². The number of hydrogen-bond donors (Lipinski definition) is 1. The van der Waals surface area contributed by atoms with Crippen LogP contribution in [0.3, 0.4) is 0 Å². The van der Waals surface area contributed by atoms with Crippen molar-refractivity contribution in [3.05, 3.63) is 29.8 Å². The lowest BCUT2D eigenvalue weighted by molar-refractivity contribution is 0.0642. The third-order valence-corrected chi connectivity index (χ3v) is 4.84. The molecule has 0 amide bonds. The van der Waals surface area contributed by atoms with E-state index in [9.17, 15) is 8.42 Å². The molecule has 0 spiro atoms. The third-order valence-electron chi connectivity index (χ3n) is 2.96. The summed E-state index contributed by atoms with van der Waals surface area (Å²) in [5.41, 5.74) is 1.04. The second-order valence-electron chi connectivity index (χ2n) is 4.22. The molecule has 1 aliphatic heterocycles. The molecule has 0 saturated carbocycles. The van der Waals surface area contributed by atoms with Gasteiger partial charge in [0.1, 0.15) is 0 Å². The lowest BCUT2D eigenvalue weighted by Gasteiger charge is -2.16. The topological polar surface area (TPSA) is 72.6 Å². The number of nitrogens with two attached hydrogens (primary N) is 1. The summed E-state index contributed by atoms with van der Waals surface area (Å²) in [6.07, 6.45) is 0.442. The van der Waals surface area contributed by atoms with Crippen molar-refractivity contribution in [1.29, 1.82) is 0 Å². The van der Waals surface area contributed by atoms with Gasteiger partial charge in [0, 0.05) is 13.1 Å². The Kier molecular flexibility index (Phi) is 3.48. The van der Waals surface area contributed by atoms with Gasteiger partial charge in [-0.05, 0) is 25.5 Å². The minimum absolute atomic E-state index is 0.199. The number of hydrogen-bond acceptors (Lipinski definition) is 4. The van der Waals surface area contributed by atoms with E-state index in [1.54, 1.807) is 24.3 Å². The Morgan fingerprint density at radius 3 is 2.53 bits per heavy atom. The molecular weight excluding hydrogens is 240 g/mol. The van der Waals surface area contributed by atoms with Crippen LogP contribution in [0.15, 0.2) is 29.2 Å². The highest BCUT2D eigenvalue weighted by Gasteiger charge is 2.32. The first-order valence-corrected chi connectivity index (χ1v) is 6.90. The number of rotatable bonds is 3. The summed E-state index contributed by atoms with van der Waals surface area (Å²) in [5, 5.41) is 0. The molecule has 1 aromatic rings. The maximum atomic E-state index is 12.2. The van der Waals surface area contributed by atoms with Crippen LogP contribution in [-0.2, 0) is 14.9 Å². The zero-order chi connectivity index (χ0) is 12.5. The molecule has 0 bridgehead atoms. The first-order chi connectivity index (χ1) is 8.04. The molecule has 1 aromatic carbocycles. The molecule has 1 fully saturated rings. The summed E-state index contributed by atoms with van der Waals surface area (Å²) < 4.78 is 25.9. The second kappa shape index (κ2) is 4.73. The van der Waals surface area contributed by atoms with Crippen molar-refractivity contribution < 1.29 is 13.3 Å². The monoisotopic (exact) mass is 256 g/mol. The zero-order valence-electron chi connectivity index (χ0n) is 9.67. The first kappa shape index (κ1) is 12.5. The van der Waals surface area contributed by atoms with Crippen molar-refractivity contribution in [2.24, 2.45) is 5.90 Å². The minimum Gasteiger partial charge on any atom is -0.300 e. The lowest BCUT2D eigenvalue weighted by atomic mass is 10.2. The Balaban J connectivity index is 2.22. The van der Waals surface area contributed by atoms with Gasteiger partial charge in [-0.3, -0.25) is 4.84 Å². The molecule has 0 aromatic heterocycles. The van der Waals surface area contributed by atoms with E-state index in [1.807, 2.05) is 6.92 Å². The lowest BCUT2D eigenvalue weighted by Crippen LogP contribution is -2.30. The van der Waals surface area contributed by atoms with Gasteiger partial charge in [0.15, 0.2) is 0 Å². The van der Waals surface area contributed by atoms with Crippen molar-refractivity contribution in [1.82, 2.24) is 4.31 Å². The SMILES string of the molecule is Cc1ccc(S(=O)(=O)N2CCC(ON)C2)cc1. The van der Waals surface area contributed by atoms with Crippen LogP contribution in [0.25, 0.3) is 0 Å². The molecule has 6 heteroatoms. The first-order valence-electron chi connectivity index (χ1n) is 5.46. The Morgan fingerprint density at radius 1 is 1.35 bits per heavy atom. The predicted molar refractivity (Wildman–Crippen MR) is 63.6 cm³/mol. The van der Waals surface area contributed by atoms with Crippen LogP contribution in [0.1, 0.15) is 12.0 Å². The van der Waals surface area contributed by atoms with Crippen LogP contribution in [0.4, 0.5) is 0 Å². The molecule has 94 valence electrons. The fraction of sp³-hybridized carbons (Fsp3) is 0.455. The molecule has 2 rings (SSSR count). The van der Waals surface area contributed by atoms with Crippen LogP contribution < -0.4 is 5.90 Å². The van der Waals surface area contributed by atoms with Gasteiger partial charge in [0.2, 0.25) is 10.0 Å². The van der Waals surface area contributed by atoms with E-state index < -0.39 is 10.0 Å². The maximum absolute atomic E-state index is 12.2. The molecule has 1 unspecified atom stereocenters. The summed E-state index contributed by atoms with van der Waals surface area (Å²) in [6.45, 7) is 2.70. The van der Waals surface area contributed by atoms with E-state index in [0.29, 0.717) is 24.4 Å². The van der Waals surface area contributed by atoms with Crippen molar-refractivity contribution in [3.63, 3.8) is 0 Å². The maximum Gasteiger partial charge on any atom is 0.243 e. The molecule has 1 aliphatic rings. The smallest absolute Gasteiger partial charge is 0.243 e. The van der Waals surface area contributed by atoms with Crippen LogP contribution in [0.5, 0.6) is 0 Å². The van der Waals surface area contributed by atoms with Gasteiger partial charge in [0.25, 0.3) is 0 Å². The number of aryl methyl sites for hydroxylation is 1. The van der Waals surface area contributed by atoms with Crippen LogP contribution >= 0.6 is 0 Å². The average molecular weight is 256 g/mol. The fourth-order valence-corrected chi connectivity index (χ4v) is 3.37. The Bertz CT molecular complexity index is 484. The van der Waals surface area contributed by atoms with E-state index in [-0.39, 0.29) is 6.10 Å². The largest absolute Gasteiger partial charge is 0.300 e. The summed E-state index contributed by atoms with van der Waals surface area (Å²) in [6, 6.07) is 6.84. The van der Waals surface area contributed by atoms with E-state index >= 15 is 0 Å². The summed E-state index contributed by atoms with van der Waals surface area (Å²) in [5.74, 6) is 5.08. The molecule has 1 heterocycles. The summed E-state index contributed by atoms with van der Waals surface area (Å²) in [7, 11) is -3.40. The zero-order valence-corrected chi connectivity index (χ0v) is 10.5. The highest BCUT2D eigenvalue weighted by molar-refractivity contribution is 7.89. The number of benzene rings is 1. The van der Waals surface area contributed by atoms with Crippen LogP contribution in [0.2, 0.25) is 0 Å². The molecule has 1 saturated heterocycles. The highest BCUT2D eigenvalue weighted by atomic mass is 32.2. The standard InChI is InChI=1S/C11H16N2O3S/c1-9-2-4-11(5-3-9)17(14,15)13-7-6-10(8-13)16-12/h2-5,10H,6-8,12H2,1H3. The second-order valence-corrected chi connectivity index (χ2v) is 6.16. The van der Waals surface area contributed by atoms with Gasteiger partial charge in [-0.1, -0.05) is 17.7 Å². The number of sulfonamides is 1. The summed E-state index contributed by atoms with van der Waals surface area (Å²) in [4.78, 5) is 5.01. The van der Waals surface area contributed by atoms with Gasteiger partial charge >= 0.3 is 0 Å². The van der Waals surface area contributed by atoms with Gasteiger partial charge in [-0.15, -0.1) is 0 Å². The third kappa shape index (κ3) is 2.50.